The molecule has 3 heterocycles. The number of hydrogen-bond acceptors (Lipinski definition) is 5. The molecule has 0 spiro atoms. The van der Waals surface area contributed by atoms with Crippen LogP contribution in [0.15, 0.2) is 45.7 Å². The highest BCUT2D eigenvalue weighted by atomic mass is 16.5. The van der Waals surface area contributed by atoms with Crippen LogP contribution < -0.4 is 10.9 Å². The van der Waals surface area contributed by atoms with E-state index >= 15 is 0 Å². The molecule has 1 amide bonds. The maximum Gasteiger partial charge on any atom is 0.349 e. The summed E-state index contributed by atoms with van der Waals surface area (Å²) in [4.78, 5) is 28.4. The second-order valence-electron chi connectivity index (χ2n) is 7.31. The van der Waals surface area contributed by atoms with E-state index in [0.717, 1.165) is 22.9 Å². The molecule has 1 saturated heterocycles. The van der Waals surface area contributed by atoms with Crippen LogP contribution in [-0.4, -0.2) is 43.4 Å². The predicted molar refractivity (Wildman–Crippen MR) is 108 cm³/mol. The zero-order chi connectivity index (χ0) is 20.4. The van der Waals surface area contributed by atoms with Gasteiger partial charge in [-0.2, -0.15) is 0 Å². The van der Waals surface area contributed by atoms with Crippen LogP contribution in [0.5, 0.6) is 0 Å². The number of rotatable bonds is 6. The van der Waals surface area contributed by atoms with Crippen molar-refractivity contribution in [3.05, 3.63) is 69.4 Å². The molecule has 29 heavy (non-hydrogen) atoms. The SMILES string of the molecule is CO[C@@H]1COC[C@@H]1NC(=O)c1c(C)cc(CCc2c[nH]c3ccccc23)oc1=O. The van der Waals surface area contributed by atoms with Gasteiger partial charge in [0.25, 0.3) is 5.91 Å². The van der Waals surface area contributed by atoms with Crippen LogP contribution >= 0.6 is 0 Å². The Hall–Kier alpha value is -2.90. The van der Waals surface area contributed by atoms with Crippen molar-refractivity contribution in [3.63, 3.8) is 0 Å². The number of carbonyl (C=O) groups excluding carboxylic acids is 1. The zero-order valence-electron chi connectivity index (χ0n) is 16.5. The summed E-state index contributed by atoms with van der Waals surface area (Å²) >= 11 is 0. The van der Waals surface area contributed by atoms with Crippen molar-refractivity contribution in [2.75, 3.05) is 20.3 Å². The van der Waals surface area contributed by atoms with Crippen molar-refractivity contribution in [1.82, 2.24) is 10.3 Å². The summed E-state index contributed by atoms with van der Waals surface area (Å²) in [7, 11) is 1.57. The number of aromatic amines is 1. The van der Waals surface area contributed by atoms with Crippen molar-refractivity contribution in [1.29, 1.82) is 0 Å². The maximum atomic E-state index is 12.6. The van der Waals surface area contributed by atoms with Gasteiger partial charge in [-0.05, 0) is 36.6 Å². The Kier molecular flexibility index (Phi) is 5.51. The van der Waals surface area contributed by atoms with E-state index in [2.05, 4.69) is 16.4 Å². The number of carbonyl (C=O) groups is 1. The summed E-state index contributed by atoms with van der Waals surface area (Å²) in [5, 5.41) is 3.98. The number of aromatic nitrogens is 1. The van der Waals surface area contributed by atoms with E-state index in [0.29, 0.717) is 31.0 Å². The van der Waals surface area contributed by atoms with E-state index in [4.69, 9.17) is 13.9 Å². The summed E-state index contributed by atoms with van der Waals surface area (Å²) in [5.41, 5.74) is 2.25. The van der Waals surface area contributed by atoms with Crippen molar-refractivity contribution >= 4 is 16.8 Å². The first-order valence-corrected chi connectivity index (χ1v) is 9.67. The Balaban J connectivity index is 1.48. The summed E-state index contributed by atoms with van der Waals surface area (Å²) in [5.74, 6) is 0.102. The third-order valence-electron chi connectivity index (χ3n) is 5.39. The van der Waals surface area contributed by atoms with Crippen LogP contribution in [0.25, 0.3) is 10.9 Å². The Morgan fingerprint density at radius 1 is 1.28 bits per heavy atom. The lowest BCUT2D eigenvalue weighted by molar-refractivity contribution is 0.0684. The summed E-state index contributed by atoms with van der Waals surface area (Å²) < 4.78 is 16.1. The second kappa shape index (κ2) is 8.23. The van der Waals surface area contributed by atoms with E-state index in [1.807, 2.05) is 24.4 Å². The fraction of sp³-hybridized carbons (Fsp3) is 0.364. The molecule has 1 aliphatic heterocycles. The molecule has 0 aliphatic carbocycles. The highest BCUT2D eigenvalue weighted by Crippen LogP contribution is 2.20. The first kappa shape index (κ1) is 19.4. The Labute approximate surface area is 168 Å². The lowest BCUT2D eigenvalue weighted by atomic mass is 10.0. The summed E-state index contributed by atoms with van der Waals surface area (Å²) in [6.07, 6.45) is 3.06. The minimum atomic E-state index is -0.621. The number of H-pyrrole nitrogens is 1. The lowest BCUT2D eigenvalue weighted by Crippen LogP contribution is -2.44. The first-order valence-electron chi connectivity index (χ1n) is 9.67. The van der Waals surface area contributed by atoms with Crippen LogP contribution in [0.4, 0.5) is 0 Å². The molecular weight excluding hydrogens is 372 g/mol. The van der Waals surface area contributed by atoms with E-state index in [1.54, 1.807) is 20.1 Å². The van der Waals surface area contributed by atoms with Crippen LogP contribution in [-0.2, 0) is 22.3 Å². The highest BCUT2D eigenvalue weighted by Gasteiger charge is 2.31. The average molecular weight is 396 g/mol. The molecule has 1 aromatic carbocycles. The van der Waals surface area contributed by atoms with Crippen molar-refractivity contribution < 1.29 is 18.7 Å². The Morgan fingerprint density at radius 2 is 2.10 bits per heavy atom. The number of benzene rings is 1. The second-order valence-corrected chi connectivity index (χ2v) is 7.31. The molecule has 2 N–H and O–H groups in total. The molecule has 1 aliphatic rings. The van der Waals surface area contributed by atoms with Gasteiger partial charge in [0, 0.05) is 30.6 Å². The van der Waals surface area contributed by atoms with Gasteiger partial charge in [0.15, 0.2) is 0 Å². The van der Waals surface area contributed by atoms with E-state index < -0.39 is 11.5 Å². The highest BCUT2D eigenvalue weighted by molar-refractivity contribution is 5.95. The molecule has 0 unspecified atom stereocenters. The molecule has 2 atom stereocenters. The largest absolute Gasteiger partial charge is 0.427 e. The zero-order valence-corrected chi connectivity index (χ0v) is 16.5. The average Bonchev–Trinajstić information content (AvgIpc) is 3.32. The number of hydrogen-bond donors (Lipinski definition) is 2. The molecule has 7 heteroatoms. The Morgan fingerprint density at radius 3 is 2.90 bits per heavy atom. The van der Waals surface area contributed by atoms with Crippen LogP contribution in [0.3, 0.4) is 0 Å². The topological polar surface area (TPSA) is 93.6 Å². The normalized spacial score (nSPS) is 19.0. The summed E-state index contributed by atoms with van der Waals surface area (Å²) in [6, 6.07) is 9.57. The number of methoxy groups -OCH3 is 1. The molecular formula is C22H24N2O5. The molecule has 1 fully saturated rings. The van der Waals surface area contributed by atoms with Gasteiger partial charge in [0.1, 0.15) is 17.4 Å². The van der Waals surface area contributed by atoms with Gasteiger partial charge < -0.3 is 24.2 Å². The quantitative estimate of drug-likeness (QED) is 0.667. The van der Waals surface area contributed by atoms with Crippen LogP contribution in [0.2, 0.25) is 0 Å². The number of aryl methyl sites for hydroxylation is 3. The van der Waals surface area contributed by atoms with Gasteiger partial charge >= 0.3 is 5.63 Å². The molecule has 0 radical (unpaired) electrons. The first-order chi connectivity index (χ1) is 14.1. The van der Waals surface area contributed by atoms with Gasteiger partial charge in [-0.25, -0.2) is 4.79 Å². The number of nitrogens with one attached hydrogen (secondary N) is 2. The van der Waals surface area contributed by atoms with Crippen LogP contribution in [0, 0.1) is 6.92 Å². The molecule has 0 bridgehead atoms. The molecule has 3 aromatic rings. The third kappa shape index (κ3) is 3.97. The van der Waals surface area contributed by atoms with Crippen molar-refractivity contribution in [2.24, 2.45) is 0 Å². The minimum Gasteiger partial charge on any atom is -0.427 e. The standard InChI is InChI=1S/C22H24N2O5/c1-13-9-15(8-7-14-10-23-17-6-4-3-5-16(14)17)29-22(26)20(13)21(25)24-18-11-28-12-19(18)27-2/h3-6,9-10,18-19,23H,7-8,11-12H2,1-2H3,(H,24,25)/t18-,19+/m0/s1. The van der Waals surface area contributed by atoms with Crippen molar-refractivity contribution in [2.45, 2.75) is 31.9 Å². The number of fused-ring (bicyclic) bond motifs is 1. The predicted octanol–water partition coefficient (Wildman–Crippen LogP) is 2.36. The monoisotopic (exact) mass is 396 g/mol. The number of ether oxygens (including phenoxy) is 2. The van der Waals surface area contributed by atoms with Gasteiger partial charge in [0.2, 0.25) is 0 Å². The molecule has 2 aromatic heterocycles. The van der Waals surface area contributed by atoms with Gasteiger partial charge in [-0.1, -0.05) is 18.2 Å². The van der Waals surface area contributed by atoms with E-state index in [9.17, 15) is 9.59 Å². The molecule has 152 valence electrons. The number of para-hydroxylation sites is 1. The smallest absolute Gasteiger partial charge is 0.349 e. The van der Waals surface area contributed by atoms with Gasteiger partial charge in [-0.15, -0.1) is 0 Å². The molecule has 4 rings (SSSR count). The fourth-order valence-corrected chi connectivity index (χ4v) is 3.81. The van der Waals surface area contributed by atoms with E-state index in [-0.39, 0.29) is 17.7 Å². The number of amides is 1. The van der Waals surface area contributed by atoms with Crippen LogP contribution in [0.1, 0.15) is 27.2 Å². The Bertz CT molecular complexity index is 1080. The van der Waals surface area contributed by atoms with Gasteiger partial charge in [0.05, 0.1) is 19.3 Å². The molecule has 0 saturated carbocycles. The van der Waals surface area contributed by atoms with E-state index in [1.165, 1.54) is 0 Å². The van der Waals surface area contributed by atoms with Gasteiger partial charge in [-0.3, -0.25) is 4.79 Å². The van der Waals surface area contributed by atoms with Crippen molar-refractivity contribution in [3.8, 4) is 0 Å². The fourth-order valence-electron chi connectivity index (χ4n) is 3.81. The third-order valence-corrected chi connectivity index (χ3v) is 5.39. The molecule has 7 nitrogen and oxygen atoms in total. The summed E-state index contributed by atoms with van der Waals surface area (Å²) in [6.45, 7) is 2.53. The maximum absolute atomic E-state index is 12.6. The lowest BCUT2D eigenvalue weighted by Gasteiger charge is -2.17. The minimum absolute atomic E-state index is 0.0302.